The fraction of sp³-hybridized carbons (Fsp3) is 0.133. The molecule has 0 N–H and O–H groups in total. The van der Waals surface area contributed by atoms with Crippen LogP contribution in [0, 0.1) is 0 Å². The summed E-state index contributed by atoms with van der Waals surface area (Å²) in [4.78, 5) is 15.8. The highest BCUT2D eigenvalue weighted by Gasteiger charge is 2.24. The molecule has 0 aromatic heterocycles. The Labute approximate surface area is 138 Å². The molecule has 1 heterocycles. The van der Waals surface area contributed by atoms with E-state index < -0.39 is 0 Å². The molecule has 0 fully saturated rings. The van der Waals surface area contributed by atoms with E-state index in [1.54, 1.807) is 11.8 Å². The number of para-hydroxylation sites is 1. The molecule has 1 aliphatic heterocycles. The van der Waals surface area contributed by atoms with Crippen LogP contribution in [0.3, 0.4) is 0 Å². The minimum atomic E-state index is 0.0390. The number of carbonyl (C=O) groups is 1. The third-order valence-corrected chi connectivity index (χ3v) is 5.33. The van der Waals surface area contributed by atoms with Gasteiger partial charge in [-0.1, -0.05) is 28.1 Å². The Hall–Kier alpha value is -0.780. The van der Waals surface area contributed by atoms with Gasteiger partial charge in [0.25, 0.3) is 5.91 Å². The molecule has 5 heteroatoms. The van der Waals surface area contributed by atoms with Crippen LogP contribution in [0.4, 0.5) is 5.69 Å². The highest BCUT2D eigenvalue weighted by molar-refractivity contribution is 9.11. The van der Waals surface area contributed by atoms with E-state index in [4.69, 9.17) is 0 Å². The predicted molar refractivity (Wildman–Crippen MR) is 90.7 cm³/mol. The smallest absolute Gasteiger partial charge is 0.259 e. The molecule has 0 unspecified atom stereocenters. The molecule has 0 saturated heterocycles. The molecule has 1 aliphatic rings. The van der Waals surface area contributed by atoms with Crippen molar-refractivity contribution < 1.29 is 4.79 Å². The molecule has 0 radical (unpaired) electrons. The number of fused-ring (bicyclic) bond motifs is 1. The fourth-order valence-electron chi connectivity index (χ4n) is 2.19. The molecule has 1 amide bonds. The minimum absolute atomic E-state index is 0.0390. The maximum absolute atomic E-state index is 12.8. The second kappa shape index (κ2) is 5.92. The summed E-state index contributed by atoms with van der Waals surface area (Å²) in [6.45, 7) is 0.739. The van der Waals surface area contributed by atoms with Gasteiger partial charge in [0.15, 0.2) is 0 Å². The second-order valence-electron chi connectivity index (χ2n) is 4.40. The van der Waals surface area contributed by atoms with Crippen molar-refractivity contribution in [3.63, 3.8) is 0 Å². The number of rotatable bonds is 1. The van der Waals surface area contributed by atoms with E-state index in [1.165, 1.54) is 4.90 Å². The van der Waals surface area contributed by atoms with Crippen LogP contribution in [0.2, 0.25) is 0 Å². The van der Waals surface area contributed by atoms with Crippen LogP contribution >= 0.6 is 43.6 Å². The van der Waals surface area contributed by atoms with Gasteiger partial charge in [0.1, 0.15) is 0 Å². The van der Waals surface area contributed by atoms with Crippen LogP contribution in [0.15, 0.2) is 56.3 Å². The molecule has 102 valence electrons. The van der Waals surface area contributed by atoms with E-state index in [1.807, 2.05) is 41.3 Å². The highest BCUT2D eigenvalue weighted by Crippen LogP contribution is 2.36. The van der Waals surface area contributed by atoms with Gasteiger partial charge in [-0.2, -0.15) is 0 Å². The lowest BCUT2D eigenvalue weighted by Crippen LogP contribution is -2.35. The summed E-state index contributed by atoms with van der Waals surface area (Å²) in [6, 6.07) is 13.7. The summed E-state index contributed by atoms with van der Waals surface area (Å²) >= 11 is 8.68. The predicted octanol–water partition coefficient (Wildman–Crippen LogP) is 4.96. The average molecular weight is 413 g/mol. The molecule has 0 spiro atoms. The fourth-order valence-corrected chi connectivity index (χ4v) is 4.40. The number of benzene rings is 2. The topological polar surface area (TPSA) is 20.3 Å². The monoisotopic (exact) mass is 411 g/mol. The third kappa shape index (κ3) is 2.67. The number of hydrogen-bond acceptors (Lipinski definition) is 2. The number of halogens is 2. The SMILES string of the molecule is O=C(c1ccc(Br)cc1Br)N1CCSc2ccccc21. The molecular weight excluding hydrogens is 402 g/mol. The molecule has 2 aromatic rings. The van der Waals surface area contributed by atoms with Gasteiger partial charge in [-0.25, -0.2) is 0 Å². The zero-order valence-electron chi connectivity index (χ0n) is 10.5. The lowest BCUT2D eigenvalue weighted by molar-refractivity contribution is 0.0987. The zero-order chi connectivity index (χ0) is 14.1. The van der Waals surface area contributed by atoms with Crippen molar-refractivity contribution in [3.05, 3.63) is 57.0 Å². The van der Waals surface area contributed by atoms with E-state index in [0.29, 0.717) is 5.56 Å². The molecule has 0 aliphatic carbocycles. The number of carbonyl (C=O) groups excluding carboxylic acids is 1. The van der Waals surface area contributed by atoms with E-state index in [0.717, 1.165) is 26.9 Å². The number of amides is 1. The maximum atomic E-state index is 12.8. The van der Waals surface area contributed by atoms with Gasteiger partial charge in [0, 0.05) is 26.1 Å². The summed E-state index contributed by atoms with van der Waals surface area (Å²) in [5.74, 6) is 0.966. The Morgan fingerprint density at radius 1 is 1.15 bits per heavy atom. The van der Waals surface area contributed by atoms with Crippen molar-refractivity contribution in [2.45, 2.75) is 4.90 Å². The molecule has 3 rings (SSSR count). The summed E-state index contributed by atoms with van der Waals surface area (Å²) in [6.07, 6.45) is 0. The molecule has 0 saturated carbocycles. The molecule has 2 nitrogen and oxygen atoms in total. The van der Waals surface area contributed by atoms with Crippen molar-refractivity contribution in [1.82, 2.24) is 0 Å². The number of thioether (sulfide) groups is 1. The number of hydrogen-bond donors (Lipinski definition) is 0. The van der Waals surface area contributed by atoms with E-state index in [-0.39, 0.29) is 5.91 Å². The molecule has 0 bridgehead atoms. The Balaban J connectivity index is 2.00. The molecular formula is C15H11Br2NOS. The van der Waals surface area contributed by atoms with Crippen molar-refractivity contribution in [2.75, 3.05) is 17.2 Å². The largest absolute Gasteiger partial charge is 0.306 e. The summed E-state index contributed by atoms with van der Waals surface area (Å²) in [5, 5.41) is 0. The van der Waals surface area contributed by atoms with Crippen LogP contribution in [-0.4, -0.2) is 18.2 Å². The molecule has 20 heavy (non-hydrogen) atoms. The summed E-state index contributed by atoms with van der Waals surface area (Å²) < 4.78 is 1.77. The normalized spacial score (nSPS) is 14.0. The van der Waals surface area contributed by atoms with Gasteiger partial charge >= 0.3 is 0 Å². The zero-order valence-corrected chi connectivity index (χ0v) is 14.5. The highest BCUT2D eigenvalue weighted by atomic mass is 79.9. The van der Waals surface area contributed by atoms with Crippen LogP contribution < -0.4 is 4.90 Å². The Kier molecular flexibility index (Phi) is 4.19. The lowest BCUT2D eigenvalue weighted by Gasteiger charge is -2.29. The van der Waals surface area contributed by atoms with Crippen molar-refractivity contribution in [2.24, 2.45) is 0 Å². The Bertz CT molecular complexity index is 675. The molecule has 2 aromatic carbocycles. The van der Waals surface area contributed by atoms with Crippen molar-refractivity contribution in [3.8, 4) is 0 Å². The lowest BCUT2D eigenvalue weighted by atomic mass is 10.1. The van der Waals surface area contributed by atoms with Gasteiger partial charge < -0.3 is 4.90 Å². The minimum Gasteiger partial charge on any atom is -0.306 e. The third-order valence-electron chi connectivity index (χ3n) is 3.14. The van der Waals surface area contributed by atoms with Gasteiger partial charge in [0.2, 0.25) is 0 Å². The Morgan fingerprint density at radius 2 is 1.95 bits per heavy atom. The van der Waals surface area contributed by atoms with Crippen LogP contribution in [0.25, 0.3) is 0 Å². The van der Waals surface area contributed by atoms with Crippen LogP contribution in [0.1, 0.15) is 10.4 Å². The van der Waals surface area contributed by atoms with Crippen molar-refractivity contribution >= 4 is 55.2 Å². The van der Waals surface area contributed by atoms with Gasteiger partial charge in [-0.3, -0.25) is 4.79 Å². The standard InChI is InChI=1S/C15H11Br2NOS/c16-10-5-6-11(12(17)9-10)15(19)18-7-8-20-14-4-2-1-3-13(14)18/h1-6,9H,7-8H2. The van der Waals surface area contributed by atoms with Crippen LogP contribution in [0.5, 0.6) is 0 Å². The van der Waals surface area contributed by atoms with Crippen molar-refractivity contribution in [1.29, 1.82) is 0 Å². The Morgan fingerprint density at radius 3 is 2.75 bits per heavy atom. The van der Waals surface area contributed by atoms with Gasteiger partial charge in [0.05, 0.1) is 11.3 Å². The maximum Gasteiger partial charge on any atom is 0.259 e. The number of anilines is 1. The molecule has 0 atom stereocenters. The first-order valence-corrected chi connectivity index (χ1v) is 8.73. The summed E-state index contributed by atoms with van der Waals surface area (Å²) in [7, 11) is 0. The summed E-state index contributed by atoms with van der Waals surface area (Å²) in [5.41, 5.74) is 1.69. The van der Waals surface area contributed by atoms with E-state index in [9.17, 15) is 4.79 Å². The van der Waals surface area contributed by atoms with Gasteiger partial charge in [-0.15, -0.1) is 11.8 Å². The van der Waals surface area contributed by atoms with Crippen LogP contribution in [-0.2, 0) is 0 Å². The first kappa shape index (κ1) is 14.2. The second-order valence-corrected chi connectivity index (χ2v) is 7.30. The number of nitrogens with zero attached hydrogens (tertiary/aromatic N) is 1. The average Bonchev–Trinajstić information content (AvgIpc) is 2.46. The first-order chi connectivity index (χ1) is 9.66. The van der Waals surface area contributed by atoms with Gasteiger partial charge in [-0.05, 0) is 46.3 Å². The van der Waals surface area contributed by atoms with E-state index in [2.05, 4.69) is 37.9 Å². The quantitative estimate of drug-likeness (QED) is 0.659. The first-order valence-electron chi connectivity index (χ1n) is 6.15. The van der Waals surface area contributed by atoms with E-state index >= 15 is 0 Å².